The molecule has 0 radical (unpaired) electrons. The van der Waals surface area contributed by atoms with Gasteiger partial charge < -0.3 is 4.90 Å². The van der Waals surface area contributed by atoms with Crippen LogP contribution in [0, 0.1) is 0 Å². The first-order chi connectivity index (χ1) is 9.78. The van der Waals surface area contributed by atoms with Crippen LogP contribution in [0.25, 0.3) is 0 Å². The fourth-order valence-electron chi connectivity index (χ4n) is 3.49. The van der Waals surface area contributed by atoms with Crippen molar-refractivity contribution in [3.63, 3.8) is 0 Å². The quantitative estimate of drug-likeness (QED) is 0.799. The largest absolute Gasteiger partial charge is 0.368 e. The number of carbonyl (C=O) groups excluding carboxylic acids is 1. The van der Waals surface area contributed by atoms with Crippen molar-refractivity contribution in [1.29, 1.82) is 0 Å². The molecule has 0 unspecified atom stereocenters. The second kappa shape index (κ2) is 6.15. The van der Waals surface area contributed by atoms with Crippen molar-refractivity contribution in [2.45, 2.75) is 31.7 Å². The van der Waals surface area contributed by atoms with E-state index in [1.54, 1.807) is 6.07 Å². The van der Waals surface area contributed by atoms with Gasteiger partial charge in [-0.25, -0.2) is 0 Å². The van der Waals surface area contributed by atoms with Crippen LogP contribution in [-0.4, -0.2) is 43.4 Å². The summed E-state index contributed by atoms with van der Waals surface area (Å²) in [6.45, 7) is 4.15. The van der Waals surface area contributed by atoms with E-state index >= 15 is 0 Å². The summed E-state index contributed by atoms with van der Waals surface area (Å²) in [6, 6.07) is 6.30. The molecule has 1 aliphatic carbocycles. The molecule has 3 rings (SSSR count). The van der Waals surface area contributed by atoms with Crippen LogP contribution in [0.15, 0.2) is 18.2 Å². The van der Waals surface area contributed by atoms with E-state index in [4.69, 9.17) is 11.6 Å². The van der Waals surface area contributed by atoms with Crippen LogP contribution >= 0.6 is 11.6 Å². The highest BCUT2D eigenvalue weighted by molar-refractivity contribution is 6.31. The van der Waals surface area contributed by atoms with Gasteiger partial charge in [0.2, 0.25) is 0 Å². The van der Waals surface area contributed by atoms with Crippen LogP contribution in [-0.2, 0) is 0 Å². The van der Waals surface area contributed by atoms with E-state index in [-0.39, 0.29) is 0 Å². The summed E-state index contributed by atoms with van der Waals surface area (Å²) in [5.41, 5.74) is 1.72. The molecular formula is C16H21ClN2O. The molecule has 108 valence electrons. The van der Waals surface area contributed by atoms with Crippen molar-refractivity contribution in [2.24, 2.45) is 0 Å². The Morgan fingerprint density at radius 1 is 1.10 bits per heavy atom. The monoisotopic (exact) mass is 292 g/mol. The van der Waals surface area contributed by atoms with Gasteiger partial charge in [0, 0.05) is 48.5 Å². The molecule has 0 bridgehead atoms. The highest BCUT2D eigenvalue weighted by Crippen LogP contribution is 2.28. The normalized spacial score (nSPS) is 21.4. The Balaban J connectivity index is 1.68. The average molecular weight is 293 g/mol. The van der Waals surface area contributed by atoms with Crippen LogP contribution in [0.4, 0.5) is 5.69 Å². The summed E-state index contributed by atoms with van der Waals surface area (Å²) in [6.07, 6.45) is 6.41. The van der Waals surface area contributed by atoms with Crippen LogP contribution in [0.5, 0.6) is 0 Å². The fourth-order valence-corrected chi connectivity index (χ4v) is 3.65. The Bertz CT molecular complexity index is 477. The summed E-state index contributed by atoms with van der Waals surface area (Å²) < 4.78 is 0. The standard InChI is InChI=1S/C16H21ClN2O/c17-14-6-5-13(12-20)16(11-14)19-9-7-18(8-10-19)15-3-1-2-4-15/h5-6,11-12,15H,1-4,7-10H2. The molecule has 4 heteroatoms. The number of aldehydes is 1. The third-order valence-electron chi connectivity index (χ3n) is 4.62. The molecule has 1 saturated heterocycles. The maximum atomic E-state index is 11.2. The fraction of sp³-hybridized carbons (Fsp3) is 0.562. The van der Waals surface area contributed by atoms with E-state index in [0.29, 0.717) is 5.02 Å². The molecule has 1 saturated carbocycles. The number of anilines is 1. The van der Waals surface area contributed by atoms with Crippen molar-refractivity contribution in [3.8, 4) is 0 Å². The Labute approximate surface area is 125 Å². The molecule has 1 aromatic carbocycles. The van der Waals surface area contributed by atoms with E-state index < -0.39 is 0 Å². The third kappa shape index (κ3) is 2.84. The molecule has 0 aromatic heterocycles. The van der Waals surface area contributed by atoms with Gasteiger partial charge in [-0.05, 0) is 31.0 Å². The molecule has 20 heavy (non-hydrogen) atoms. The summed E-state index contributed by atoms with van der Waals surface area (Å²) in [4.78, 5) is 16.1. The molecule has 1 heterocycles. The SMILES string of the molecule is O=Cc1ccc(Cl)cc1N1CCN(C2CCCC2)CC1. The number of halogens is 1. The van der Waals surface area contributed by atoms with Crippen LogP contribution in [0.2, 0.25) is 5.02 Å². The molecule has 0 spiro atoms. The predicted octanol–water partition coefficient (Wildman–Crippen LogP) is 3.22. The van der Waals surface area contributed by atoms with Crippen molar-refractivity contribution in [2.75, 3.05) is 31.1 Å². The maximum absolute atomic E-state index is 11.2. The summed E-state index contributed by atoms with van der Waals surface area (Å²) in [5.74, 6) is 0. The summed E-state index contributed by atoms with van der Waals surface area (Å²) in [7, 11) is 0. The zero-order valence-corrected chi connectivity index (χ0v) is 12.5. The minimum Gasteiger partial charge on any atom is -0.368 e. The Kier molecular flexibility index (Phi) is 4.27. The molecule has 0 atom stereocenters. The van der Waals surface area contributed by atoms with Gasteiger partial charge in [-0.3, -0.25) is 9.69 Å². The first-order valence-corrected chi connectivity index (χ1v) is 7.89. The van der Waals surface area contributed by atoms with Crippen molar-refractivity contribution in [1.82, 2.24) is 4.90 Å². The molecule has 2 fully saturated rings. The van der Waals surface area contributed by atoms with E-state index in [1.807, 2.05) is 12.1 Å². The van der Waals surface area contributed by atoms with E-state index in [1.165, 1.54) is 25.7 Å². The van der Waals surface area contributed by atoms with E-state index in [0.717, 1.165) is 49.8 Å². The number of nitrogens with zero attached hydrogens (tertiary/aromatic N) is 2. The van der Waals surface area contributed by atoms with Crippen LogP contribution < -0.4 is 4.90 Å². The van der Waals surface area contributed by atoms with Gasteiger partial charge >= 0.3 is 0 Å². The Morgan fingerprint density at radius 2 is 1.80 bits per heavy atom. The lowest BCUT2D eigenvalue weighted by Gasteiger charge is -2.39. The van der Waals surface area contributed by atoms with Gasteiger partial charge in [-0.1, -0.05) is 24.4 Å². The predicted molar refractivity (Wildman–Crippen MR) is 82.9 cm³/mol. The highest BCUT2D eigenvalue weighted by atomic mass is 35.5. The molecular weight excluding hydrogens is 272 g/mol. The summed E-state index contributed by atoms with van der Waals surface area (Å²) >= 11 is 6.07. The molecule has 1 aliphatic heterocycles. The molecule has 0 amide bonds. The van der Waals surface area contributed by atoms with Gasteiger partial charge in [-0.2, -0.15) is 0 Å². The highest BCUT2D eigenvalue weighted by Gasteiger charge is 2.26. The smallest absolute Gasteiger partial charge is 0.152 e. The summed E-state index contributed by atoms with van der Waals surface area (Å²) in [5, 5.41) is 0.698. The van der Waals surface area contributed by atoms with Gasteiger partial charge in [0.1, 0.15) is 0 Å². The zero-order valence-electron chi connectivity index (χ0n) is 11.7. The lowest BCUT2D eigenvalue weighted by atomic mass is 10.1. The van der Waals surface area contributed by atoms with Crippen LogP contribution in [0.1, 0.15) is 36.0 Å². The minimum absolute atomic E-state index is 0.698. The lowest BCUT2D eigenvalue weighted by Crippen LogP contribution is -2.50. The minimum atomic E-state index is 0.698. The number of benzene rings is 1. The Morgan fingerprint density at radius 3 is 2.45 bits per heavy atom. The van der Waals surface area contributed by atoms with E-state index in [9.17, 15) is 4.79 Å². The molecule has 1 aromatic rings. The second-order valence-corrected chi connectivity index (χ2v) is 6.22. The average Bonchev–Trinajstić information content (AvgIpc) is 3.02. The molecule has 3 nitrogen and oxygen atoms in total. The third-order valence-corrected chi connectivity index (χ3v) is 4.85. The van der Waals surface area contributed by atoms with E-state index in [2.05, 4.69) is 9.80 Å². The first-order valence-electron chi connectivity index (χ1n) is 7.51. The van der Waals surface area contributed by atoms with Crippen LogP contribution in [0.3, 0.4) is 0 Å². The van der Waals surface area contributed by atoms with Crippen molar-refractivity contribution < 1.29 is 4.79 Å². The van der Waals surface area contributed by atoms with Gasteiger partial charge in [-0.15, -0.1) is 0 Å². The van der Waals surface area contributed by atoms with Gasteiger partial charge in [0.25, 0.3) is 0 Å². The Hall–Kier alpha value is -1.06. The number of hydrogen-bond acceptors (Lipinski definition) is 3. The van der Waals surface area contributed by atoms with Gasteiger partial charge in [0.05, 0.1) is 0 Å². The second-order valence-electron chi connectivity index (χ2n) is 5.78. The maximum Gasteiger partial charge on any atom is 0.152 e. The van der Waals surface area contributed by atoms with Crippen molar-refractivity contribution in [3.05, 3.63) is 28.8 Å². The number of piperazine rings is 1. The number of rotatable bonds is 3. The lowest BCUT2D eigenvalue weighted by molar-refractivity contribution is 0.112. The molecule has 2 aliphatic rings. The first kappa shape index (κ1) is 13.9. The molecule has 0 N–H and O–H groups in total. The van der Waals surface area contributed by atoms with Gasteiger partial charge in [0.15, 0.2) is 6.29 Å². The number of hydrogen-bond donors (Lipinski definition) is 0. The van der Waals surface area contributed by atoms with Crippen molar-refractivity contribution >= 4 is 23.6 Å². The number of carbonyl (C=O) groups is 1. The topological polar surface area (TPSA) is 23.6 Å². The zero-order chi connectivity index (χ0) is 13.9.